The number of benzene rings is 2. The monoisotopic (exact) mass is 455 g/mol. The molecule has 2 aromatic heterocycles. The average molecular weight is 456 g/mol. The number of para-hydroxylation sites is 1. The zero-order valence-corrected chi connectivity index (χ0v) is 18.3. The Labute approximate surface area is 185 Å². The molecule has 1 amide bonds. The standard InChI is InChI=1S/C22H18ClN3O4S/c1-12-6-3-4-9-15(12)25(2)20(28)17-10-16(19(23)31-17)26-21(29)18-13(11-27)7-5-8-14(18)24-22(26)30/h3-10,27H,11H2,1-2H3,(H,24,30). The van der Waals surface area contributed by atoms with Gasteiger partial charge in [0.15, 0.2) is 0 Å². The Kier molecular flexibility index (Phi) is 5.53. The fourth-order valence-electron chi connectivity index (χ4n) is 3.51. The molecule has 2 N–H and O–H groups in total. The third kappa shape index (κ3) is 3.59. The first-order valence-corrected chi connectivity index (χ1v) is 10.5. The molecular formula is C22H18ClN3O4S. The number of amides is 1. The highest BCUT2D eigenvalue weighted by molar-refractivity contribution is 7.18. The van der Waals surface area contributed by atoms with E-state index in [2.05, 4.69) is 4.98 Å². The summed E-state index contributed by atoms with van der Waals surface area (Å²) in [5, 5.41) is 9.79. The molecule has 0 aliphatic carbocycles. The summed E-state index contributed by atoms with van der Waals surface area (Å²) >= 11 is 7.35. The van der Waals surface area contributed by atoms with Gasteiger partial charge in [-0.15, -0.1) is 11.3 Å². The SMILES string of the molecule is Cc1ccccc1N(C)C(=O)c1cc(-n2c(=O)[nH]c3cccc(CO)c3c2=O)c(Cl)s1. The topological polar surface area (TPSA) is 95.4 Å². The molecule has 2 aromatic carbocycles. The maximum atomic E-state index is 13.1. The lowest BCUT2D eigenvalue weighted by molar-refractivity contribution is 0.0996. The summed E-state index contributed by atoms with van der Waals surface area (Å²) < 4.78 is 1.03. The largest absolute Gasteiger partial charge is 0.392 e. The number of carbonyl (C=O) groups is 1. The minimum absolute atomic E-state index is 0.120. The molecule has 4 rings (SSSR count). The molecule has 0 radical (unpaired) electrons. The van der Waals surface area contributed by atoms with Crippen LogP contribution in [0.15, 0.2) is 58.1 Å². The number of nitrogens with zero attached hydrogens (tertiary/aromatic N) is 2. The van der Waals surface area contributed by atoms with Gasteiger partial charge in [0.25, 0.3) is 11.5 Å². The van der Waals surface area contributed by atoms with Crippen LogP contribution in [-0.2, 0) is 6.61 Å². The van der Waals surface area contributed by atoms with Crippen molar-refractivity contribution in [3.8, 4) is 5.69 Å². The molecule has 0 saturated heterocycles. The van der Waals surface area contributed by atoms with Crippen LogP contribution in [0.1, 0.15) is 20.8 Å². The molecule has 2 heterocycles. The van der Waals surface area contributed by atoms with Crippen molar-refractivity contribution in [2.75, 3.05) is 11.9 Å². The van der Waals surface area contributed by atoms with Crippen LogP contribution in [0.25, 0.3) is 16.6 Å². The van der Waals surface area contributed by atoms with E-state index >= 15 is 0 Å². The Morgan fingerprint density at radius 1 is 1.19 bits per heavy atom. The lowest BCUT2D eigenvalue weighted by Gasteiger charge is -2.18. The Hall–Kier alpha value is -3.20. The molecule has 0 fully saturated rings. The van der Waals surface area contributed by atoms with Crippen LogP contribution in [0, 0.1) is 6.92 Å². The van der Waals surface area contributed by atoms with Crippen LogP contribution in [0.2, 0.25) is 4.34 Å². The second kappa shape index (κ2) is 8.14. The summed E-state index contributed by atoms with van der Waals surface area (Å²) in [6.07, 6.45) is 0. The van der Waals surface area contributed by atoms with Crippen molar-refractivity contribution in [1.82, 2.24) is 9.55 Å². The maximum absolute atomic E-state index is 13.1. The number of fused-ring (bicyclic) bond motifs is 1. The van der Waals surface area contributed by atoms with Crippen molar-refractivity contribution >= 4 is 45.4 Å². The van der Waals surface area contributed by atoms with E-state index in [0.717, 1.165) is 27.2 Å². The number of halogens is 1. The number of aliphatic hydroxyl groups is 1. The molecule has 0 saturated carbocycles. The van der Waals surface area contributed by atoms with E-state index in [1.807, 2.05) is 31.2 Å². The van der Waals surface area contributed by atoms with Gasteiger partial charge in [-0.05, 0) is 36.2 Å². The van der Waals surface area contributed by atoms with Gasteiger partial charge in [0.1, 0.15) is 4.34 Å². The molecule has 4 aromatic rings. The summed E-state index contributed by atoms with van der Waals surface area (Å²) in [7, 11) is 1.65. The molecule has 0 bridgehead atoms. The molecule has 0 unspecified atom stereocenters. The number of hydrogen-bond acceptors (Lipinski definition) is 5. The van der Waals surface area contributed by atoms with E-state index in [-0.39, 0.29) is 32.8 Å². The molecule has 9 heteroatoms. The van der Waals surface area contributed by atoms with Gasteiger partial charge >= 0.3 is 5.69 Å². The molecule has 0 spiro atoms. The lowest BCUT2D eigenvalue weighted by Crippen LogP contribution is -2.34. The fraction of sp³-hybridized carbons (Fsp3) is 0.136. The molecule has 158 valence electrons. The van der Waals surface area contributed by atoms with Crippen LogP contribution < -0.4 is 16.1 Å². The highest BCUT2D eigenvalue weighted by atomic mass is 35.5. The predicted molar refractivity (Wildman–Crippen MR) is 123 cm³/mol. The van der Waals surface area contributed by atoms with Crippen molar-refractivity contribution in [3.05, 3.63) is 89.7 Å². The quantitative estimate of drug-likeness (QED) is 0.492. The first-order valence-electron chi connectivity index (χ1n) is 9.34. The second-order valence-corrected chi connectivity index (χ2v) is 8.64. The van der Waals surface area contributed by atoms with Crippen molar-refractivity contribution in [1.29, 1.82) is 0 Å². The van der Waals surface area contributed by atoms with Gasteiger partial charge in [0.05, 0.1) is 28.1 Å². The Morgan fingerprint density at radius 3 is 2.65 bits per heavy atom. The van der Waals surface area contributed by atoms with Gasteiger partial charge in [0, 0.05) is 12.7 Å². The number of aryl methyl sites for hydroxylation is 1. The molecule has 0 atom stereocenters. The fourth-order valence-corrected chi connectivity index (χ4v) is 4.75. The van der Waals surface area contributed by atoms with E-state index in [1.165, 1.54) is 11.0 Å². The minimum atomic E-state index is -0.682. The van der Waals surface area contributed by atoms with Crippen molar-refractivity contribution in [2.45, 2.75) is 13.5 Å². The first kappa shape index (κ1) is 21.0. The minimum Gasteiger partial charge on any atom is -0.392 e. The van der Waals surface area contributed by atoms with Crippen LogP contribution in [0.3, 0.4) is 0 Å². The number of rotatable bonds is 4. The van der Waals surface area contributed by atoms with Crippen molar-refractivity contribution in [3.63, 3.8) is 0 Å². The van der Waals surface area contributed by atoms with Gasteiger partial charge < -0.3 is 15.0 Å². The summed E-state index contributed by atoms with van der Waals surface area (Å²) in [4.78, 5) is 43.3. The molecular weight excluding hydrogens is 438 g/mol. The van der Waals surface area contributed by atoms with Crippen LogP contribution in [0.4, 0.5) is 5.69 Å². The van der Waals surface area contributed by atoms with E-state index in [1.54, 1.807) is 25.2 Å². The number of thiophene rings is 1. The van der Waals surface area contributed by atoms with Gasteiger partial charge in [-0.2, -0.15) is 0 Å². The number of aliphatic hydroxyl groups excluding tert-OH is 1. The van der Waals surface area contributed by atoms with Gasteiger partial charge in [0.2, 0.25) is 0 Å². The highest BCUT2D eigenvalue weighted by Crippen LogP contribution is 2.31. The zero-order chi connectivity index (χ0) is 22.3. The van der Waals surface area contributed by atoms with Crippen LogP contribution >= 0.6 is 22.9 Å². The number of H-pyrrole nitrogens is 1. The van der Waals surface area contributed by atoms with Crippen molar-refractivity contribution < 1.29 is 9.90 Å². The number of nitrogens with one attached hydrogen (secondary N) is 1. The molecule has 0 aliphatic heterocycles. The lowest BCUT2D eigenvalue weighted by atomic mass is 10.1. The van der Waals surface area contributed by atoms with Gasteiger partial charge in [-0.3, -0.25) is 9.59 Å². The van der Waals surface area contributed by atoms with Crippen molar-refractivity contribution in [2.24, 2.45) is 0 Å². The maximum Gasteiger partial charge on any atom is 0.333 e. The number of hydrogen-bond donors (Lipinski definition) is 2. The third-order valence-corrected chi connectivity index (χ3v) is 6.41. The zero-order valence-electron chi connectivity index (χ0n) is 16.7. The van der Waals surface area contributed by atoms with E-state index in [4.69, 9.17) is 11.6 Å². The van der Waals surface area contributed by atoms with E-state index in [9.17, 15) is 19.5 Å². The summed E-state index contributed by atoms with van der Waals surface area (Å²) in [6, 6.07) is 13.7. The first-order chi connectivity index (χ1) is 14.8. The third-order valence-electron chi connectivity index (χ3n) is 5.08. The smallest absolute Gasteiger partial charge is 0.333 e. The number of anilines is 1. The predicted octanol–water partition coefficient (Wildman–Crippen LogP) is 3.47. The Morgan fingerprint density at radius 2 is 1.94 bits per heavy atom. The summed E-state index contributed by atoms with van der Waals surface area (Å²) in [5.41, 5.74) is 1.20. The number of aromatic nitrogens is 2. The molecule has 0 aliphatic rings. The van der Waals surface area contributed by atoms with E-state index < -0.39 is 11.2 Å². The molecule has 31 heavy (non-hydrogen) atoms. The highest BCUT2D eigenvalue weighted by Gasteiger charge is 2.22. The molecule has 7 nitrogen and oxygen atoms in total. The summed E-state index contributed by atoms with van der Waals surface area (Å²) in [5.74, 6) is -0.311. The van der Waals surface area contributed by atoms with Crippen LogP contribution in [0.5, 0.6) is 0 Å². The summed E-state index contributed by atoms with van der Waals surface area (Å²) in [6.45, 7) is 1.54. The van der Waals surface area contributed by atoms with Gasteiger partial charge in [-0.1, -0.05) is 41.9 Å². The average Bonchev–Trinajstić information content (AvgIpc) is 3.13. The van der Waals surface area contributed by atoms with Crippen LogP contribution in [-0.4, -0.2) is 27.6 Å². The van der Waals surface area contributed by atoms with E-state index in [0.29, 0.717) is 11.1 Å². The number of carbonyl (C=O) groups excluding carboxylic acids is 1. The number of aromatic amines is 1. The normalized spacial score (nSPS) is 11.1. The van der Waals surface area contributed by atoms with Gasteiger partial charge in [-0.25, -0.2) is 9.36 Å². The Bertz CT molecular complexity index is 1440. The Balaban J connectivity index is 1.84. The second-order valence-electron chi connectivity index (χ2n) is 6.99.